The Balaban J connectivity index is 3.26. The molecule has 0 aliphatic heterocycles. The molecule has 1 amide bonds. The van der Waals surface area contributed by atoms with Gasteiger partial charge in [0.1, 0.15) is 5.69 Å². The number of hydrazine groups is 1. The standard InChI is InChI=1S/C7H9N3O2/c1-10-5(7(12)9-8)3-2-4-6(10)11/h2-4H,8H2,1H3,(H,9,12). The van der Waals surface area contributed by atoms with Crippen LogP contribution in [0.5, 0.6) is 0 Å². The fourth-order valence-electron chi connectivity index (χ4n) is 0.866. The zero-order valence-corrected chi connectivity index (χ0v) is 6.57. The second-order valence-electron chi connectivity index (χ2n) is 2.28. The molecule has 12 heavy (non-hydrogen) atoms. The molecule has 1 aromatic heterocycles. The molecule has 3 N–H and O–H groups in total. The number of hydrogen-bond acceptors (Lipinski definition) is 3. The van der Waals surface area contributed by atoms with Crippen LogP contribution in [0.1, 0.15) is 10.5 Å². The average Bonchev–Trinajstić information content (AvgIpc) is 2.08. The van der Waals surface area contributed by atoms with Gasteiger partial charge in [-0.15, -0.1) is 0 Å². The van der Waals surface area contributed by atoms with Gasteiger partial charge in [0.25, 0.3) is 11.5 Å². The van der Waals surface area contributed by atoms with Crippen LogP contribution in [0.15, 0.2) is 23.0 Å². The lowest BCUT2D eigenvalue weighted by atomic mass is 10.3. The average molecular weight is 167 g/mol. The van der Waals surface area contributed by atoms with Crippen LogP contribution in [-0.4, -0.2) is 10.5 Å². The van der Waals surface area contributed by atoms with E-state index in [1.54, 1.807) is 0 Å². The van der Waals surface area contributed by atoms with E-state index in [0.29, 0.717) is 0 Å². The second-order valence-corrected chi connectivity index (χ2v) is 2.28. The molecular formula is C7H9N3O2. The number of nitrogens with one attached hydrogen (secondary N) is 1. The number of nitrogens with zero attached hydrogens (tertiary/aromatic N) is 1. The van der Waals surface area contributed by atoms with Crippen molar-refractivity contribution in [3.63, 3.8) is 0 Å². The highest BCUT2D eigenvalue weighted by Crippen LogP contribution is 1.91. The fourth-order valence-corrected chi connectivity index (χ4v) is 0.866. The van der Waals surface area contributed by atoms with Gasteiger partial charge in [-0.05, 0) is 6.07 Å². The monoisotopic (exact) mass is 167 g/mol. The number of nitrogens with two attached hydrogens (primary N) is 1. The molecule has 5 nitrogen and oxygen atoms in total. The normalized spacial score (nSPS) is 9.50. The molecule has 1 rings (SSSR count). The third-order valence-corrected chi connectivity index (χ3v) is 1.55. The Hall–Kier alpha value is -1.62. The number of carbonyl (C=O) groups excluding carboxylic acids is 1. The molecule has 64 valence electrons. The van der Waals surface area contributed by atoms with Gasteiger partial charge in [-0.1, -0.05) is 6.07 Å². The summed E-state index contributed by atoms with van der Waals surface area (Å²) in [6.45, 7) is 0. The topological polar surface area (TPSA) is 77.1 Å². The van der Waals surface area contributed by atoms with Crippen LogP contribution in [-0.2, 0) is 7.05 Å². The van der Waals surface area contributed by atoms with Crippen molar-refractivity contribution in [2.45, 2.75) is 0 Å². The lowest BCUT2D eigenvalue weighted by Gasteiger charge is -2.04. The SMILES string of the molecule is Cn1c(C(=O)NN)cccc1=O. The molecule has 0 saturated carbocycles. The minimum atomic E-state index is -0.477. The van der Waals surface area contributed by atoms with Gasteiger partial charge < -0.3 is 4.57 Å². The van der Waals surface area contributed by atoms with Gasteiger partial charge in [0.05, 0.1) is 0 Å². The zero-order valence-electron chi connectivity index (χ0n) is 6.57. The predicted molar refractivity (Wildman–Crippen MR) is 43.3 cm³/mol. The van der Waals surface area contributed by atoms with E-state index in [4.69, 9.17) is 5.84 Å². The molecule has 1 aromatic rings. The summed E-state index contributed by atoms with van der Waals surface area (Å²) in [5, 5.41) is 0. The van der Waals surface area contributed by atoms with Crippen molar-refractivity contribution in [3.8, 4) is 0 Å². The van der Waals surface area contributed by atoms with E-state index in [-0.39, 0.29) is 11.3 Å². The Morgan fingerprint density at radius 2 is 2.25 bits per heavy atom. The lowest BCUT2D eigenvalue weighted by molar-refractivity contribution is 0.0944. The maximum absolute atomic E-state index is 11.0. The van der Waals surface area contributed by atoms with E-state index in [0.717, 1.165) is 0 Å². The number of amides is 1. The molecule has 0 bridgehead atoms. The highest BCUT2D eigenvalue weighted by Gasteiger charge is 2.06. The van der Waals surface area contributed by atoms with Gasteiger partial charge >= 0.3 is 0 Å². The Morgan fingerprint density at radius 3 is 2.83 bits per heavy atom. The highest BCUT2D eigenvalue weighted by molar-refractivity contribution is 5.91. The number of aromatic nitrogens is 1. The summed E-state index contributed by atoms with van der Waals surface area (Å²) in [7, 11) is 1.51. The number of pyridine rings is 1. The summed E-state index contributed by atoms with van der Waals surface area (Å²) in [5.74, 6) is 4.43. The lowest BCUT2D eigenvalue weighted by Crippen LogP contribution is -2.34. The molecular weight excluding hydrogens is 158 g/mol. The van der Waals surface area contributed by atoms with Crippen molar-refractivity contribution in [2.24, 2.45) is 12.9 Å². The predicted octanol–water partition coefficient (Wildman–Crippen LogP) is -1.01. The van der Waals surface area contributed by atoms with Gasteiger partial charge in [0.2, 0.25) is 0 Å². The first kappa shape index (κ1) is 8.48. The first-order valence-electron chi connectivity index (χ1n) is 3.34. The minimum absolute atomic E-state index is 0.240. The van der Waals surface area contributed by atoms with Crippen molar-refractivity contribution in [2.75, 3.05) is 0 Å². The molecule has 5 heteroatoms. The van der Waals surface area contributed by atoms with E-state index in [9.17, 15) is 9.59 Å². The Labute approximate surface area is 68.8 Å². The maximum atomic E-state index is 11.0. The van der Waals surface area contributed by atoms with Gasteiger partial charge in [0.15, 0.2) is 0 Å². The smallest absolute Gasteiger partial charge is 0.281 e. The molecule has 0 aromatic carbocycles. The van der Waals surface area contributed by atoms with Crippen LogP contribution in [0.3, 0.4) is 0 Å². The summed E-state index contributed by atoms with van der Waals surface area (Å²) in [6.07, 6.45) is 0. The maximum Gasteiger partial charge on any atom is 0.281 e. The molecule has 1 heterocycles. The van der Waals surface area contributed by atoms with Crippen LogP contribution in [0, 0.1) is 0 Å². The van der Waals surface area contributed by atoms with Crippen LogP contribution in [0.4, 0.5) is 0 Å². The van der Waals surface area contributed by atoms with E-state index in [2.05, 4.69) is 0 Å². The van der Waals surface area contributed by atoms with E-state index >= 15 is 0 Å². The fraction of sp³-hybridized carbons (Fsp3) is 0.143. The number of hydrogen-bond donors (Lipinski definition) is 2. The Morgan fingerprint density at radius 1 is 1.58 bits per heavy atom. The van der Waals surface area contributed by atoms with Crippen LogP contribution < -0.4 is 16.8 Å². The molecule has 0 atom stereocenters. The first-order valence-corrected chi connectivity index (χ1v) is 3.34. The quantitative estimate of drug-likeness (QED) is 0.319. The summed E-state index contributed by atoms with van der Waals surface area (Å²) in [6, 6.07) is 4.39. The molecule has 0 radical (unpaired) electrons. The third-order valence-electron chi connectivity index (χ3n) is 1.55. The molecule has 0 fully saturated rings. The van der Waals surface area contributed by atoms with E-state index in [1.807, 2.05) is 5.43 Å². The molecule has 0 aliphatic carbocycles. The second kappa shape index (κ2) is 3.19. The molecule has 0 unspecified atom stereocenters. The largest absolute Gasteiger partial charge is 0.307 e. The summed E-state index contributed by atoms with van der Waals surface area (Å²) >= 11 is 0. The van der Waals surface area contributed by atoms with Crippen molar-refractivity contribution in [3.05, 3.63) is 34.2 Å². The summed E-state index contributed by atoms with van der Waals surface area (Å²) in [4.78, 5) is 22.0. The number of rotatable bonds is 1. The van der Waals surface area contributed by atoms with E-state index < -0.39 is 5.91 Å². The van der Waals surface area contributed by atoms with Crippen LogP contribution in [0.25, 0.3) is 0 Å². The highest BCUT2D eigenvalue weighted by atomic mass is 16.2. The van der Waals surface area contributed by atoms with Crippen molar-refractivity contribution in [1.82, 2.24) is 9.99 Å². The van der Waals surface area contributed by atoms with Gasteiger partial charge in [-0.2, -0.15) is 0 Å². The van der Waals surface area contributed by atoms with Crippen molar-refractivity contribution < 1.29 is 4.79 Å². The van der Waals surface area contributed by atoms with Crippen LogP contribution >= 0.6 is 0 Å². The van der Waals surface area contributed by atoms with E-state index in [1.165, 1.54) is 29.8 Å². The Bertz CT molecular complexity index is 356. The van der Waals surface area contributed by atoms with Crippen molar-refractivity contribution in [1.29, 1.82) is 0 Å². The molecule has 0 spiro atoms. The number of carbonyl (C=O) groups is 1. The third kappa shape index (κ3) is 1.35. The van der Waals surface area contributed by atoms with Crippen LogP contribution in [0.2, 0.25) is 0 Å². The zero-order chi connectivity index (χ0) is 9.14. The molecule has 0 saturated heterocycles. The summed E-state index contributed by atoms with van der Waals surface area (Å²) < 4.78 is 1.22. The van der Waals surface area contributed by atoms with Gasteiger partial charge in [0, 0.05) is 13.1 Å². The van der Waals surface area contributed by atoms with Gasteiger partial charge in [-0.25, -0.2) is 5.84 Å². The minimum Gasteiger partial charge on any atom is -0.307 e. The Kier molecular flexibility index (Phi) is 2.25. The summed E-state index contributed by atoms with van der Waals surface area (Å²) in [5.41, 5.74) is 1.95. The van der Waals surface area contributed by atoms with Gasteiger partial charge in [-0.3, -0.25) is 15.0 Å². The van der Waals surface area contributed by atoms with Crippen molar-refractivity contribution >= 4 is 5.91 Å². The molecule has 0 aliphatic rings. The first-order chi connectivity index (χ1) is 5.66. The number of nitrogen functional groups attached to an aromatic ring is 1.